The summed E-state index contributed by atoms with van der Waals surface area (Å²) in [5.41, 5.74) is 2.87. The van der Waals surface area contributed by atoms with E-state index in [1.54, 1.807) is 6.92 Å². The molecule has 3 aliphatic rings. The van der Waals surface area contributed by atoms with Gasteiger partial charge in [-0.1, -0.05) is 31.6 Å². The van der Waals surface area contributed by atoms with Crippen LogP contribution in [0.3, 0.4) is 0 Å². The maximum absolute atomic E-state index is 12.3. The first-order valence-electron chi connectivity index (χ1n) is 10.6. The summed E-state index contributed by atoms with van der Waals surface area (Å²) in [4.78, 5) is 19.3. The van der Waals surface area contributed by atoms with Gasteiger partial charge in [-0.05, 0) is 62.7 Å². The summed E-state index contributed by atoms with van der Waals surface area (Å²) in [5.74, 6) is 0.448. The largest absolute Gasteiger partial charge is 0.379 e. The van der Waals surface area contributed by atoms with Gasteiger partial charge in [0.1, 0.15) is 5.60 Å². The quantitative estimate of drug-likeness (QED) is 0.824. The number of fused-ring (bicyclic) bond motifs is 5. The fourth-order valence-electron chi connectivity index (χ4n) is 5.41. The van der Waals surface area contributed by atoms with E-state index < -0.39 is 11.6 Å². The van der Waals surface area contributed by atoms with Gasteiger partial charge < -0.3 is 5.11 Å². The van der Waals surface area contributed by atoms with Gasteiger partial charge in [0.2, 0.25) is 0 Å². The van der Waals surface area contributed by atoms with Crippen molar-refractivity contribution >= 4 is 17.2 Å². The molecule has 0 aliphatic carbocycles. The third kappa shape index (κ3) is 2.73. The summed E-state index contributed by atoms with van der Waals surface area (Å²) in [6, 6.07) is 4.81. The molecule has 0 aromatic heterocycles. The Balaban J connectivity index is 1.80. The maximum atomic E-state index is 12.3. The van der Waals surface area contributed by atoms with E-state index >= 15 is 0 Å². The van der Waals surface area contributed by atoms with Crippen LogP contribution in [0.25, 0.3) is 0 Å². The molecule has 0 radical (unpaired) electrons. The molecule has 4 nitrogen and oxygen atoms in total. The Labute approximate surface area is 163 Å². The first-order valence-corrected chi connectivity index (χ1v) is 10.1. The maximum Gasteiger partial charge on any atom is 0.155 e. The van der Waals surface area contributed by atoms with Crippen LogP contribution in [0, 0.1) is 18.8 Å². The minimum atomic E-state index is -1.17. The number of hydrogen-bond donors (Lipinski definition) is 1. The number of carbonyl (C=O) groups is 1. The van der Waals surface area contributed by atoms with Gasteiger partial charge >= 0.3 is 0 Å². The Morgan fingerprint density at radius 2 is 2.30 bits per heavy atom. The highest BCUT2D eigenvalue weighted by molar-refractivity contribution is 6.05. The van der Waals surface area contributed by atoms with Crippen molar-refractivity contribution in [2.45, 2.75) is 58.6 Å². The standard InChI is InChI=1S/C23H30N2O2/c1-5-16-13-25-11-10-23(27)21-14(3)8-7-9-19(21)24-22(23)20(25)12-18(16)17(6-2)15(4)26/h6-9,16,18,20,27H,5,10-13H2,1-4H3/b17-6-/t16-,18+,20-,23+/m1/s1/i20D. The van der Waals surface area contributed by atoms with Gasteiger partial charge in [0.25, 0.3) is 0 Å². The smallest absolute Gasteiger partial charge is 0.155 e. The molecule has 4 atom stereocenters. The lowest BCUT2D eigenvalue weighted by Gasteiger charge is -2.50. The summed E-state index contributed by atoms with van der Waals surface area (Å²) >= 11 is 0. The zero-order valence-corrected chi connectivity index (χ0v) is 16.7. The number of aliphatic imine (C=N–C) groups is 1. The van der Waals surface area contributed by atoms with Gasteiger partial charge in [-0.3, -0.25) is 14.7 Å². The summed E-state index contributed by atoms with van der Waals surface area (Å²) in [6.07, 6.45) is 3.95. The molecule has 4 rings (SSSR count). The lowest BCUT2D eigenvalue weighted by Crippen LogP contribution is -2.60. The Bertz CT molecular complexity index is 893. The van der Waals surface area contributed by atoms with Crippen LogP contribution in [0.1, 0.15) is 52.5 Å². The monoisotopic (exact) mass is 367 g/mol. The number of benzene rings is 1. The number of hydrogen-bond acceptors (Lipinski definition) is 4. The van der Waals surface area contributed by atoms with E-state index in [-0.39, 0.29) is 11.7 Å². The third-order valence-electron chi connectivity index (χ3n) is 6.77. The van der Waals surface area contributed by atoms with Crippen molar-refractivity contribution in [1.29, 1.82) is 0 Å². The number of aliphatic hydroxyl groups is 1. The number of rotatable bonds is 3. The van der Waals surface area contributed by atoms with Gasteiger partial charge in [0.15, 0.2) is 5.78 Å². The number of aryl methyl sites for hydroxylation is 1. The molecule has 144 valence electrons. The Morgan fingerprint density at radius 1 is 1.52 bits per heavy atom. The van der Waals surface area contributed by atoms with Crippen molar-refractivity contribution in [3.05, 3.63) is 41.0 Å². The number of piperidine rings is 2. The van der Waals surface area contributed by atoms with Crippen LogP contribution in [0.4, 0.5) is 5.69 Å². The second-order valence-electron chi connectivity index (χ2n) is 8.21. The summed E-state index contributed by atoms with van der Waals surface area (Å²) in [5, 5.41) is 11.7. The zero-order valence-electron chi connectivity index (χ0n) is 17.7. The molecule has 1 aromatic carbocycles. The van der Waals surface area contributed by atoms with Crippen molar-refractivity contribution in [2.24, 2.45) is 16.8 Å². The van der Waals surface area contributed by atoms with Gasteiger partial charge in [-0.15, -0.1) is 0 Å². The first kappa shape index (κ1) is 17.3. The molecule has 27 heavy (non-hydrogen) atoms. The van der Waals surface area contributed by atoms with E-state index in [0.717, 1.165) is 35.4 Å². The molecule has 3 heterocycles. The van der Waals surface area contributed by atoms with E-state index in [1.165, 1.54) is 0 Å². The number of Topliss-reactive ketones (excluding diaryl/α,β-unsaturated/α-hetero) is 1. The topological polar surface area (TPSA) is 52.9 Å². The van der Waals surface area contributed by atoms with Crippen LogP contribution in [0.5, 0.6) is 0 Å². The van der Waals surface area contributed by atoms with E-state index in [2.05, 4.69) is 11.8 Å². The molecule has 1 N–H and O–H groups in total. The minimum Gasteiger partial charge on any atom is -0.379 e. The zero-order chi connectivity index (χ0) is 20.3. The van der Waals surface area contributed by atoms with E-state index in [1.807, 2.05) is 38.1 Å². The fourth-order valence-corrected chi connectivity index (χ4v) is 5.41. The second kappa shape index (κ2) is 6.68. The van der Waals surface area contributed by atoms with Crippen LogP contribution in [0.2, 0.25) is 0 Å². The molecule has 0 unspecified atom stereocenters. The van der Waals surface area contributed by atoms with E-state index in [0.29, 0.717) is 31.0 Å². The average Bonchev–Trinajstić information content (AvgIpc) is 2.96. The van der Waals surface area contributed by atoms with Crippen LogP contribution in [-0.2, 0) is 10.4 Å². The molecule has 0 saturated carbocycles. The second-order valence-corrected chi connectivity index (χ2v) is 8.21. The number of allylic oxidation sites excluding steroid dienone is 2. The van der Waals surface area contributed by atoms with Crippen molar-refractivity contribution in [3.63, 3.8) is 0 Å². The summed E-state index contributed by atoms with van der Waals surface area (Å²) < 4.78 is 9.48. The van der Waals surface area contributed by atoms with Crippen molar-refractivity contribution in [1.82, 2.24) is 4.90 Å². The van der Waals surface area contributed by atoms with Gasteiger partial charge in [-0.25, -0.2) is 0 Å². The molecule has 0 spiro atoms. The average molecular weight is 368 g/mol. The number of ketones is 1. The molecular formula is C23H30N2O2. The molecule has 1 aromatic rings. The Morgan fingerprint density at radius 3 is 2.96 bits per heavy atom. The minimum absolute atomic E-state index is 0.0242. The predicted molar refractivity (Wildman–Crippen MR) is 108 cm³/mol. The molecule has 4 heteroatoms. The van der Waals surface area contributed by atoms with Crippen LogP contribution >= 0.6 is 0 Å². The SMILES string of the molecule is [2H][C@]12C[C@H](/C(=C\C)C(C)=O)[C@H](CC)CN1CC[C@@]1(O)C2=Nc2cccc(C)c21. The van der Waals surface area contributed by atoms with E-state index in [4.69, 9.17) is 4.99 Å². The highest BCUT2D eigenvalue weighted by Crippen LogP contribution is 2.49. The lowest BCUT2D eigenvalue weighted by atomic mass is 9.69. The van der Waals surface area contributed by atoms with Crippen LogP contribution < -0.4 is 0 Å². The Kier molecular flexibility index (Phi) is 4.29. The van der Waals surface area contributed by atoms with Gasteiger partial charge in [0, 0.05) is 18.7 Å². The fraction of sp³-hybridized carbons (Fsp3) is 0.565. The highest BCUT2D eigenvalue weighted by atomic mass is 16.3. The Hall–Kier alpha value is -1.78. The number of carbonyl (C=O) groups excluding carboxylic acids is 1. The molecule has 2 saturated heterocycles. The third-order valence-corrected chi connectivity index (χ3v) is 6.77. The van der Waals surface area contributed by atoms with Crippen LogP contribution in [0.15, 0.2) is 34.8 Å². The van der Waals surface area contributed by atoms with Crippen LogP contribution in [-0.4, -0.2) is 40.6 Å². The highest BCUT2D eigenvalue weighted by Gasteiger charge is 2.53. The predicted octanol–water partition coefficient (Wildman–Crippen LogP) is 3.92. The number of nitrogens with zero attached hydrogens (tertiary/aromatic N) is 2. The normalized spacial score (nSPS) is 36.4. The van der Waals surface area contributed by atoms with Gasteiger partial charge in [-0.2, -0.15) is 0 Å². The molecule has 2 fully saturated rings. The summed E-state index contributed by atoms with van der Waals surface area (Å²) in [6.45, 7) is 9.13. The van der Waals surface area contributed by atoms with Crippen molar-refractivity contribution in [2.75, 3.05) is 13.1 Å². The molecular weight excluding hydrogens is 336 g/mol. The molecule has 3 aliphatic heterocycles. The summed E-state index contributed by atoms with van der Waals surface area (Å²) in [7, 11) is 0. The van der Waals surface area contributed by atoms with Crippen molar-refractivity contribution < 1.29 is 11.3 Å². The van der Waals surface area contributed by atoms with E-state index in [9.17, 15) is 11.3 Å². The molecule has 0 bridgehead atoms. The first-order chi connectivity index (χ1) is 13.3. The molecule has 0 amide bonds. The lowest BCUT2D eigenvalue weighted by molar-refractivity contribution is -0.114. The van der Waals surface area contributed by atoms with Crippen molar-refractivity contribution in [3.8, 4) is 0 Å². The van der Waals surface area contributed by atoms with Gasteiger partial charge in [0.05, 0.1) is 18.8 Å².